The number of anilines is 1. The molecule has 1 N–H and O–H groups in total. The van der Waals surface area contributed by atoms with E-state index in [1.165, 1.54) is 20.3 Å². The monoisotopic (exact) mass is 295 g/mol. The molecular formula is C15H21NO5. The highest BCUT2D eigenvalue weighted by Gasteiger charge is 2.19. The third kappa shape index (κ3) is 4.66. The van der Waals surface area contributed by atoms with E-state index in [1.54, 1.807) is 33.8 Å². The van der Waals surface area contributed by atoms with Gasteiger partial charge < -0.3 is 14.2 Å². The van der Waals surface area contributed by atoms with Gasteiger partial charge in [0.15, 0.2) is 0 Å². The Morgan fingerprint density at radius 2 is 1.76 bits per heavy atom. The number of carbonyl (C=O) groups is 2. The average molecular weight is 295 g/mol. The molecule has 116 valence electrons. The quantitative estimate of drug-likeness (QED) is 0.867. The van der Waals surface area contributed by atoms with Gasteiger partial charge in [-0.05, 0) is 39.8 Å². The van der Waals surface area contributed by atoms with Crippen LogP contribution < -0.4 is 10.1 Å². The molecule has 0 aliphatic rings. The fourth-order valence-electron chi connectivity index (χ4n) is 1.68. The molecular weight excluding hydrogens is 274 g/mol. The van der Waals surface area contributed by atoms with Crippen LogP contribution in [0.25, 0.3) is 0 Å². The van der Waals surface area contributed by atoms with E-state index >= 15 is 0 Å². The number of benzene rings is 1. The van der Waals surface area contributed by atoms with Crippen molar-refractivity contribution in [3.05, 3.63) is 23.3 Å². The van der Waals surface area contributed by atoms with E-state index in [4.69, 9.17) is 9.47 Å². The molecule has 0 bridgehead atoms. The normalized spacial score (nSPS) is 10.8. The van der Waals surface area contributed by atoms with Crippen molar-refractivity contribution in [3.8, 4) is 5.75 Å². The van der Waals surface area contributed by atoms with Gasteiger partial charge in [-0.1, -0.05) is 0 Å². The van der Waals surface area contributed by atoms with Gasteiger partial charge in [-0.2, -0.15) is 0 Å². The van der Waals surface area contributed by atoms with Crippen molar-refractivity contribution >= 4 is 17.7 Å². The Hall–Kier alpha value is -2.24. The molecule has 0 aliphatic carbocycles. The highest BCUT2D eigenvalue weighted by atomic mass is 16.6. The van der Waals surface area contributed by atoms with Crippen molar-refractivity contribution in [1.29, 1.82) is 0 Å². The predicted molar refractivity (Wildman–Crippen MR) is 78.9 cm³/mol. The second kappa shape index (κ2) is 6.47. The smallest absolute Gasteiger partial charge is 0.412 e. The summed E-state index contributed by atoms with van der Waals surface area (Å²) in [5.74, 6) is -0.0375. The number of hydrogen-bond acceptors (Lipinski definition) is 5. The van der Waals surface area contributed by atoms with Crippen LogP contribution in [0.15, 0.2) is 12.1 Å². The Morgan fingerprint density at radius 3 is 2.24 bits per heavy atom. The van der Waals surface area contributed by atoms with Gasteiger partial charge in [-0.3, -0.25) is 5.32 Å². The highest BCUT2D eigenvalue weighted by Crippen LogP contribution is 2.28. The number of amides is 1. The van der Waals surface area contributed by atoms with Crippen LogP contribution in [0.5, 0.6) is 5.75 Å². The zero-order valence-corrected chi connectivity index (χ0v) is 13.2. The lowest BCUT2D eigenvalue weighted by Crippen LogP contribution is -2.27. The van der Waals surface area contributed by atoms with Crippen molar-refractivity contribution in [2.75, 3.05) is 19.5 Å². The van der Waals surface area contributed by atoms with Crippen LogP contribution in [0.2, 0.25) is 0 Å². The van der Waals surface area contributed by atoms with E-state index in [0.717, 1.165) is 0 Å². The Balaban J connectivity index is 3.10. The summed E-state index contributed by atoms with van der Waals surface area (Å²) in [6.45, 7) is 7.08. The van der Waals surface area contributed by atoms with Crippen LogP contribution >= 0.6 is 0 Å². The van der Waals surface area contributed by atoms with Gasteiger partial charge in [0.25, 0.3) is 0 Å². The van der Waals surface area contributed by atoms with Crippen LogP contribution in [0.3, 0.4) is 0 Å². The molecule has 1 aromatic carbocycles. The minimum atomic E-state index is -0.609. The number of nitrogens with one attached hydrogen (secondary N) is 1. The summed E-state index contributed by atoms with van der Waals surface area (Å²) in [5.41, 5.74) is 0.799. The van der Waals surface area contributed by atoms with E-state index in [9.17, 15) is 9.59 Å². The maximum atomic E-state index is 11.8. The lowest BCUT2D eigenvalue weighted by molar-refractivity contribution is 0.0596. The van der Waals surface area contributed by atoms with E-state index in [2.05, 4.69) is 10.1 Å². The molecule has 0 aromatic heterocycles. The fourth-order valence-corrected chi connectivity index (χ4v) is 1.68. The molecule has 1 aromatic rings. The molecule has 21 heavy (non-hydrogen) atoms. The summed E-state index contributed by atoms with van der Waals surface area (Å²) in [7, 11) is 2.77. The fraction of sp³-hybridized carbons (Fsp3) is 0.467. The standard InChI is InChI=1S/C15H21NO5/c1-9-11(16-14(18)21-15(2,3)4)7-10(13(17)20-6)8-12(9)19-5/h7-8H,1-6H3,(H,16,18). The molecule has 0 aliphatic heterocycles. The zero-order valence-electron chi connectivity index (χ0n) is 13.2. The van der Waals surface area contributed by atoms with Crippen LogP contribution in [0.1, 0.15) is 36.7 Å². The first-order valence-electron chi connectivity index (χ1n) is 6.45. The average Bonchev–Trinajstić information content (AvgIpc) is 2.37. The first-order valence-corrected chi connectivity index (χ1v) is 6.45. The summed E-state index contributed by atoms with van der Waals surface area (Å²) in [6, 6.07) is 3.08. The second-order valence-electron chi connectivity index (χ2n) is 5.47. The molecule has 0 radical (unpaired) electrons. The summed E-state index contributed by atoms with van der Waals surface area (Å²) < 4.78 is 15.1. The molecule has 6 heteroatoms. The zero-order chi connectivity index (χ0) is 16.2. The van der Waals surface area contributed by atoms with Crippen molar-refractivity contribution in [3.63, 3.8) is 0 Å². The number of hydrogen-bond donors (Lipinski definition) is 1. The highest BCUT2D eigenvalue weighted by molar-refractivity contribution is 5.94. The van der Waals surface area contributed by atoms with Gasteiger partial charge in [0.2, 0.25) is 0 Å². The van der Waals surface area contributed by atoms with E-state index in [-0.39, 0.29) is 5.56 Å². The third-order valence-corrected chi connectivity index (χ3v) is 2.64. The Morgan fingerprint density at radius 1 is 1.14 bits per heavy atom. The van der Waals surface area contributed by atoms with E-state index < -0.39 is 17.7 Å². The van der Waals surface area contributed by atoms with Gasteiger partial charge in [0.05, 0.1) is 25.5 Å². The molecule has 0 unspecified atom stereocenters. The summed E-state index contributed by atoms with van der Waals surface area (Å²) in [5, 5.41) is 2.61. The maximum Gasteiger partial charge on any atom is 0.412 e. The molecule has 0 atom stereocenters. The third-order valence-electron chi connectivity index (χ3n) is 2.64. The van der Waals surface area contributed by atoms with Crippen LogP contribution in [-0.4, -0.2) is 31.9 Å². The first-order chi connectivity index (χ1) is 9.67. The molecule has 0 heterocycles. The second-order valence-corrected chi connectivity index (χ2v) is 5.47. The molecule has 6 nitrogen and oxygen atoms in total. The summed E-state index contributed by atoms with van der Waals surface area (Å²) in [6.07, 6.45) is -0.602. The van der Waals surface area contributed by atoms with Crippen LogP contribution in [-0.2, 0) is 9.47 Å². The van der Waals surface area contributed by atoms with Crippen molar-refractivity contribution in [1.82, 2.24) is 0 Å². The predicted octanol–water partition coefficient (Wildman–Crippen LogP) is 3.14. The topological polar surface area (TPSA) is 73.9 Å². The van der Waals surface area contributed by atoms with Gasteiger partial charge in [-0.15, -0.1) is 0 Å². The van der Waals surface area contributed by atoms with Crippen molar-refractivity contribution in [2.45, 2.75) is 33.3 Å². The lowest BCUT2D eigenvalue weighted by Gasteiger charge is -2.20. The SMILES string of the molecule is COC(=O)c1cc(NC(=O)OC(C)(C)C)c(C)c(OC)c1. The molecule has 1 rings (SSSR count). The van der Waals surface area contributed by atoms with E-state index in [1.807, 2.05) is 0 Å². The van der Waals surface area contributed by atoms with Gasteiger partial charge in [0.1, 0.15) is 11.4 Å². The van der Waals surface area contributed by atoms with Gasteiger partial charge in [0, 0.05) is 5.56 Å². The minimum Gasteiger partial charge on any atom is -0.496 e. The molecule has 0 saturated carbocycles. The number of carbonyl (C=O) groups excluding carboxylic acids is 2. The summed E-state index contributed by atoms with van der Waals surface area (Å²) >= 11 is 0. The molecule has 1 amide bonds. The first kappa shape index (κ1) is 16.8. The molecule has 0 saturated heterocycles. The lowest BCUT2D eigenvalue weighted by atomic mass is 10.1. The number of rotatable bonds is 3. The largest absolute Gasteiger partial charge is 0.496 e. The molecule has 0 spiro atoms. The number of esters is 1. The minimum absolute atomic E-state index is 0.283. The Kier molecular flexibility index (Phi) is 5.18. The molecule has 0 fully saturated rings. The number of methoxy groups -OCH3 is 2. The maximum absolute atomic E-state index is 11.8. The Bertz CT molecular complexity index is 546. The van der Waals surface area contributed by atoms with Crippen molar-refractivity contribution < 1.29 is 23.8 Å². The van der Waals surface area contributed by atoms with Gasteiger partial charge >= 0.3 is 12.1 Å². The van der Waals surface area contributed by atoms with Crippen molar-refractivity contribution in [2.24, 2.45) is 0 Å². The van der Waals surface area contributed by atoms with Crippen LogP contribution in [0.4, 0.5) is 10.5 Å². The van der Waals surface area contributed by atoms with E-state index in [0.29, 0.717) is 17.0 Å². The van der Waals surface area contributed by atoms with Gasteiger partial charge in [-0.25, -0.2) is 9.59 Å². The summed E-state index contributed by atoms with van der Waals surface area (Å²) in [4.78, 5) is 23.5. The Labute approximate surface area is 124 Å². The van der Waals surface area contributed by atoms with Crippen LogP contribution in [0, 0.1) is 6.92 Å². The number of ether oxygens (including phenoxy) is 3.